The number of fused-ring (bicyclic) bond motifs is 1. The van der Waals surface area contributed by atoms with Gasteiger partial charge in [-0.3, -0.25) is 14.4 Å². The van der Waals surface area contributed by atoms with Crippen LogP contribution in [-0.2, 0) is 10.0 Å². The molecule has 4 rings (SSSR count). The molecule has 0 aromatic heterocycles. The van der Waals surface area contributed by atoms with Crippen molar-refractivity contribution in [2.75, 3.05) is 0 Å². The van der Waals surface area contributed by atoms with E-state index in [4.69, 9.17) is 0 Å². The highest BCUT2D eigenvalue weighted by atomic mass is 32.2. The lowest BCUT2D eigenvalue weighted by atomic mass is 9.83. The molecule has 132 valence electrons. The van der Waals surface area contributed by atoms with Crippen molar-refractivity contribution in [1.82, 2.24) is 4.31 Å². The fourth-order valence-corrected chi connectivity index (χ4v) is 6.77. The summed E-state index contributed by atoms with van der Waals surface area (Å²) < 4.78 is 27.8. The van der Waals surface area contributed by atoms with E-state index in [2.05, 4.69) is 6.58 Å². The van der Waals surface area contributed by atoms with Crippen molar-refractivity contribution in [3.05, 3.63) is 59.3 Å². The Balaban J connectivity index is 1.74. The highest BCUT2D eigenvalue weighted by Gasteiger charge is 2.69. The molecule has 2 saturated carbocycles. The average molecular weight is 360 g/mol. The molecular formula is C18H20N2O4S. The lowest BCUT2D eigenvalue weighted by molar-refractivity contribution is -0.387. The summed E-state index contributed by atoms with van der Waals surface area (Å²) in [7, 11) is -3.96. The molecule has 2 fully saturated rings. The molecule has 0 saturated heterocycles. The third kappa shape index (κ3) is 2.18. The molecule has 1 aromatic carbocycles. The lowest BCUT2D eigenvalue weighted by Gasteiger charge is -2.35. The van der Waals surface area contributed by atoms with Crippen molar-refractivity contribution in [1.29, 1.82) is 0 Å². The predicted octanol–water partition coefficient (Wildman–Crippen LogP) is 3.47. The Morgan fingerprint density at radius 1 is 1.40 bits per heavy atom. The molecule has 2 aliphatic carbocycles. The van der Waals surface area contributed by atoms with Crippen LogP contribution < -0.4 is 0 Å². The smallest absolute Gasteiger partial charge is 0.270 e. The first-order valence-electron chi connectivity index (χ1n) is 8.50. The summed E-state index contributed by atoms with van der Waals surface area (Å²) >= 11 is 0. The number of hydrogen-bond donors (Lipinski definition) is 0. The Morgan fingerprint density at radius 3 is 2.88 bits per heavy atom. The van der Waals surface area contributed by atoms with Crippen molar-refractivity contribution in [3.8, 4) is 0 Å². The zero-order chi connectivity index (χ0) is 17.8. The fraction of sp³-hybridized carbons (Fsp3) is 0.444. The number of nitro groups is 1. The van der Waals surface area contributed by atoms with Crippen LogP contribution in [0.2, 0.25) is 0 Å². The molecule has 0 unspecified atom stereocenters. The normalized spacial score (nSPS) is 32.8. The minimum atomic E-state index is -3.96. The SMILES string of the molecule is C=CC[C@@]12CCC[C@H]3[C@@H]1[C@@H]2C=CN3S(=O)(=O)c1ccccc1[N+](=O)[O-]. The van der Waals surface area contributed by atoms with Gasteiger partial charge in [0.05, 0.1) is 4.92 Å². The highest BCUT2D eigenvalue weighted by Crippen LogP contribution is 2.71. The summed E-state index contributed by atoms with van der Waals surface area (Å²) in [5.74, 6) is 0.692. The summed E-state index contributed by atoms with van der Waals surface area (Å²) in [5, 5.41) is 11.3. The van der Waals surface area contributed by atoms with E-state index < -0.39 is 14.9 Å². The molecule has 1 heterocycles. The fourth-order valence-electron chi connectivity index (χ4n) is 5.06. The van der Waals surface area contributed by atoms with Crippen molar-refractivity contribution < 1.29 is 13.3 Å². The molecule has 1 aliphatic heterocycles. The van der Waals surface area contributed by atoms with Crippen molar-refractivity contribution in [2.45, 2.75) is 36.6 Å². The molecule has 0 spiro atoms. The average Bonchev–Trinajstić information content (AvgIpc) is 3.24. The number of nitrogens with zero attached hydrogens (tertiary/aromatic N) is 2. The van der Waals surface area contributed by atoms with E-state index in [0.29, 0.717) is 11.8 Å². The molecule has 7 heteroatoms. The van der Waals surface area contributed by atoms with E-state index in [1.54, 1.807) is 6.20 Å². The quantitative estimate of drug-likeness (QED) is 0.457. The minimum Gasteiger partial charge on any atom is -0.270 e. The van der Waals surface area contributed by atoms with Crippen molar-refractivity contribution in [3.63, 3.8) is 0 Å². The van der Waals surface area contributed by atoms with Gasteiger partial charge in [0, 0.05) is 18.3 Å². The van der Waals surface area contributed by atoms with Gasteiger partial charge in [-0.1, -0.05) is 30.7 Å². The number of nitro benzene ring substituents is 1. The number of para-hydroxylation sites is 1. The summed E-state index contributed by atoms with van der Waals surface area (Å²) in [4.78, 5) is 10.4. The number of rotatable bonds is 5. The van der Waals surface area contributed by atoms with Crippen LogP contribution in [0.1, 0.15) is 25.7 Å². The van der Waals surface area contributed by atoms with Gasteiger partial charge in [0.2, 0.25) is 0 Å². The van der Waals surface area contributed by atoms with Gasteiger partial charge in [-0.05, 0) is 42.6 Å². The number of sulfonamides is 1. The van der Waals surface area contributed by atoms with Gasteiger partial charge < -0.3 is 0 Å². The standard InChI is InChI=1S/C18H20N2O4S/c1-2-10-18-11-5-7-15-17(18)13(18)9-12-19(15)25(23,24)16-8-4-3-6-14(16)20(21)22/h2-4,6,8-9,12-13,15,17H,1,5,7,10-11H2/t13-,15-,17-,18-/m0/s1. The van der Waals surface area contributed by atoms with Crippen molar-refractivity contribution >= 4 is 15.7 Å². The predicted molar refractivity (Wildman–Crippen MR) is 93.1 cm³/mol. The van der Waals surface area contributed by atoms with E-state index >= 15 is 0 Å². The molecule has 6 nitrogen and oxygen atoms in total. The molecule has 0 N–H and O–H groups in total. The molecule has 3 aliphatic rings. The number of benzene rings is 1. The Bertz CT molecular complexity index is 879. The summed E-state index contributed by atoms with van der Waals surface area (Å²) in [6.45, 7) is 3.86. The lowest BCUT2D eigenvalue weighted by Crippen LogP contribution is -2.41. The summed E-state index contributed by atoms with van der Waals surface area (Å²) in [6.07, 6.45) is 9.28. The topological polar surface area (TPSA) is 80.5 Å². The third-order valence-electron chi connectivity index (χ3n) is 6.07. The molecular weight excluding hydrogens is 340 g/mol. The highest BCUT2D eigenvalue weighted by molar-refractivity contribution is 7.89. The first-order chi connectivity index (χ1) is 11.9. The number of hydrogen-bond acceptors (Lipinski definition) is 4. The molecule has 25 heavy (non-hydrogen) atoms. The Hall–Kier alpha value is -2.15. The molecule has 1 aromatic rings. The molecule has 0 bridgehead atoms. The molecule has 4 atom stereocenters. The van der Waals surface area contributed by atoms with Gasteiger partial charge in [-0.25, -0.2) is 8.42 Å². The zero-order valence-corrected chi connectivity index (χ0v) is 14.6. The second-order valence-electron chi connectivity index (χ2n) is 7.14. The zero-order valence-electron chi connectivity index (χ0n) is 13.7. The van der Waals surface area contributed by atoms with Crippen LogP contribution in [0.4, 0.5) is 5.69 Å². The third-order valence-corrected chi connectivity index (χ3v) is 7.92. The van der Waals surface area contributed by atoms with E-state index in [9.17, 15) is 18.5 Å². The first-order valence-corrected chi connectivity index (χ1v) is 9.94. The van der Waals surface area contributed by atoms with Crippen LogP contribution in [0, 0.1) is 27.4 Å². The van der Waals surface area contributed by atoms with E-state index in [1.807, 2.05) is 12.2 Å². The van der Waals surface area contributed by atoms with Crippen LogP contribution in [0.5, 0.6) is 0 Å². The van der Waals surface area contributed by atoms with Gasteiger partial charge >= 0.3 is 0 Å². The van der Waals surface area contributed by atoms with Gasteiger partial charge in [-0.2, -0.15) is 0 Å². The monoisotopic (exact) mass is 360 g/mol. The van der Waals surface area contributed by atoms with Crippen LogP contribution in [-0.4, -0.2) is 23.7 Å². The van der Waals surface area contributed by atoms with E-state index in [0.717, 1.165) is 25.7 Å². The largest absolute Gasteiger partial charge is 0.289 e. The van der Waals surface area contributed by atoms with E-state index in [1.165, 1.54) is 28.6 Å². The van der Waals surface area contributed by atoms with E-state index in [-0.39, 0.29) is 22.0 Å². The maximum atomic E-state index is 13.2. The van der Waals surface area contributed by atoms with Crippen molar-refractivity contribution in [2.24, 2.45) is 17.3 Å². The summed E-state index contributed by atoms with van der Waals surface area (Å²) in [5.41, 5.74) is -0.240. The summed E-state index contributed by atoms with van der Waals surface area (Å²) in [6, 6.07) is 5.45. The van der Waals surface area contributed by atoms with Gasteiger partial charge in [0.25, 0.3) is 15.7 Å². The Morgan fingerprint density at radius 2 is 2.16 bits per heavy atom. The van der Waals surface area contributed by atoms with Gasteiger partial charge in [-0.15, -0.1) is 6.58 Å². The maximum Gasteiger partial charge on any atom is 0.289 e. The molecule has 0 amide bonds. The Labute approximate surface area is 147 Å². The second kappa shape index (κ2) is 5.42. The first kappa shape index (κ1) is 16.3. The van der Waals surface area contributed by atoms with Gasteiger partial charge in [0.15, 0.2) is 4.90 Å². The Kier molecular flexibility index (Phi) is 3.54. The van der Waals surface area contributed by atoms with Crippen LogP contribution in [0.25, 0.3) is 0 Å². The van der Waals surface area contributed by atoms with Crippen LogP contribution >= 0.6 is 0 Å². The minimum absolute atomic E-state index is 0.117. The maximum absolute atomic E-state index is 13.2. The van der Waals surface area contributed by atoms with Crippen LogP contribution in [0.15, 0.2) is 54.1 Å². The molecule has 0 radical (unpaired) electrons. The second-order valence-corrected chi connectivity index (χ2v) is 8.95. The van der Waals surface area contributed by atoms with Crippen LogP contribution in [0.3, 0.4) is 0 Å². The van der Waals surface area contributed by atoms with Gasteiger partial charge in [0.1, 0.15) is 0 Å². The number of allylic oxidation sites excluding steroid dienone is 2.